The van der Waals surface area contributed by atoms with Crippen LogP contribution in [0.25, 0.3) is 10.8 Å². The number of fused-ring (bicyclic) bond motifs is 1. The van der Waals surface area contributed by atoms with Crippen molar-refractivity contribution < 1.29 is 4.74 Å². The maximum Gasteiger partial charge on any atom is 0.127 e. The third-order valence-electron chi connectivity index (χ3n) is 3.79. The zero-order valence-corrected chi connectivity index (χ0v) is 11.6. The molecular formula is C16H17NOS. The highest BCUT2D eigenvalue weighted by Gasteiger charge is 2.43. The molecule has 0 atom stereocenters. The van der Waals surface area contributed by atoms with Gasteiger partial charge in [0.15, 0.2) is 0 Å². The third kappa shape index (κ3) is 2.71. The number of rotatable bonds is 5. The Bertz CT molecular complexity index is 614. The molecule has 98 valence electrons. The summed E-state index contributed by atoms with van der Waals surface area (Å²) < 4.78 is 6.03. The van der Waals surface area contributed by atoms with E-state index in [1.165, 1.54) is 5.39 Å². The average Bonchev–Trinajstić information content (AvgIpc) is 3.15. The van der Waals surface area contributed by atoms with Crippen molar-refractivity contribution in [3.8, 4) is 5.75 Å². The van der Waals surface area contributed by atoms with Gasteiger partial charge < -0.3 is 10.5 Å². The molecule has 3 rings (SSSR count). The highest BCUT2D eigenvalue weighted by atomic mass is 32.1. The van der Waals surface area contributed by atoms with E-state index in [0.29, 0.717) is 11.6 Å². The minimum Gasteiger partial charge on any atom is -0.492 e. The van der Waals surface area contributed by atoms with E-state index in [2.05, 4.69) is 18.2 Å². The molecule has 1 fully saturated rings. The third-order valence-corrected chi connectivity index (χ3v) is 3.93. The first-order valence-corrected chi connectivity index (χ1v) is 6.98. The summed E-state index contributed by atoms with van der Waals surface area (Å²) in [5, 5.41) is 2.37. The first-order chi connectivity index (χ1) is 9.19. The Morgan fingerprint density at radius 1 is 1.16 bits per heavy atom. The van der Waals surface area contributed by atoms with Gasteiger partial charge in [-0.1, -0.05) is 48.6 Å². The zero-order chi connectivity index (χ0) is 13.3. The molecule has 0 radical (unpaired) electrons. The second-order valence-corrected chi connectivity index (χ2v) is 5.93. The van der Waals surface area contributed by atoms with Crippen LogP contribution in [0.2, 0.25) is 0 Å². The Balaban J connectivity index is 1.77. The fourth-order valence-corrected chi connectivity index (χ4v) is 2.78. The van der Waals surface area contributed by atoms with Crippen LogP contribution in [0.15, 0.2) is 42.5 Å². The van der Waals surface area contributed by atoms with E-state index in [9.17, 15) is 0 Å². The van der Waals surface area contributed by atoms with E-state index in [4.69, 9.17) is 22.7 Å². The van der Waals surface area contributed by atoms with E-state index >= 15 is 0 Å². The number of hydrogen-bond donors (Lipinski definition) is 1. The lowest BCUT2D eigenvalue weighted by Gasteiger charge is -2.16. The lowest BCUT2D eigenvalue weighted by Crippen LogP contribution is -2.21. The maximum atomic E-state index is 6.03. The second-order valence-electron chi connectivity index (χ2n) is 5.41. The van der Waals surface area contributed by atoms with Gasteiger partial charge in [0.05, 0.1) is 11.6 Å². The second kappa shape index (κ2) is 4.82. The molecule has 0 amide bonds. The number of hydrogen-bond acceptors (Lipinski definition) is 2. The predicted octanol–water partition coefficient (Wildman–Crippen LogP) is 3.68. The van der Waals surface area contributed by atoms with Gasteiger partial charge in [0.1, 0.15) is 5.75 Å². The molecule has 0 unspecified atom stereocenters. The van der Waals surface area contributed by atoms with Crippen LogP contribution >= 0.6 is 12.2 Å². The smallest absolute Gasteiger partial charge is 0.127 e. The normalized spacial score (nSPS) is 16.2. The van der Waals surface area contributed by atoms with Crippen molar-refractivity contribution in [2.45, 2.75) is 19.3 Å². The minimum absolute atomic E-state index is 0.197. The van der Waals surface area contributed by atoms with E-state index < -0.39 is 0 Å². The number of nitrogens with two attached hydrogens (primary N) is 1. The molecular weight excluding hydrogens is 254 g/mol. The molecule has 1 aliphatic carbocycles. The molecule has 19 heavy (non-hydrogen) atoms. The van der Waals surface area contributed by atoms with Gasteiger partial charge in [0.2, 0.25) is 0 Å². The van der Waals surface area contributed by atoms with E-state index in [0.717, 1.165) is 30.4 Å². The molecule has 1 saturated carbocycles. The Labute approximate surface area is 118 Å². The Morgan fingerprint density at radius 3 is 2.63 bits per heavy atom. The van der Waals surface area contributed by atoms with Crippen molar-refractivity contribution in [3.63, 3.8) is 0 Å². The average molecular weight is 271 g/mol. The summed E-state index contributed by atoms with van der Waals surface area (Å²) >= 11 is 5.01. The van der Waals surface area contributed by atoms with Gasteiger partial charge >= 0.3 is 0 Å². The Hall–Kier alpha value is -1.61. The molecule has 0 aromatic heterocycles. The highest BCUT2D eigenvalue weighted by Crippen LogP contribution is 2.49. The minimum atomic E-state index is 0.197. The summed E-state index contributed by atoms with van der Waals surface area (Å²) in [5.41, 5.74) is 5.85. The molecule has 0 heterocycles. The van der Waals surface area contributed by atoms with E-state index in [1.807, 2.05) is 24.3 Å². The van der Waals surface area contributed by atoms with Crippen LogP contribution < -0.4 is 10.5 Å². The van der Waals surface area contributed by atoms with E-state index in [-0.39, 0.29) is 5.41 Å². The molecule has 2 N–H and O–H groups in total. The van der Waals surface area contributed by atoms with Gasteiger partial charge in [0.25, 0.3) is 0 Å². The molecule has 0 spiro atoms. The van der Waals surface area contributed by atoms with Crippen LogP contribution in [0.1, 0.15) is 19.3 Å². The zero-order valence-electron chi connectivity index (χ0n) is 10.8. The van der Waals surface area contributed by atoms with Crippen molar-refractivity contribution >= 4 is 28.0 Å². The summed E-state index contributed by atoms with van der Waals surface area (Å²) in [6.07, 6.45) is 3.12. The quantitative estimate of drug-likeness (QED) is 0.843. The summed E-state index contributed by atoms with van der Waals surface area (Å²) in [6.45, 7) is 0.707. The van der Waals surface area contributed by atoms with E-state index in [1.54, 1.807) is 0 Å². The predicted molar refractivity (Wildman–Crippen MR) is 82.5 cm³/mol. The van der Waals surface area contributed by atoms with Crippen molar-refractivity contribution in [1.29, 1.82) is 0 Å². The maximum absolute atomic E-state index is 6.03. The molecule has 0 saturated heterocycles. The summed E-state index contributed by atoms with van der Waals surface area (Å²) in [5.74, 6) is 0.951. The van der Waals surface area contributed by atoms with Crippen molar-refractivity contribution in [2.75, 3.05) is 6.61 Å². The summed E-state index contributed by atoms with van der Waals surface area (Å²) in [7, 11) is 0. The van der Waals surface area contributed by atoms with Crippen LogP contribution in [0.4, 0.5) is 0 Å². The topological polar surface area (TPSA) is 35.2 Å². The molecule has 2 nitrogen and oxygen atoms in total. The molecule has 2 aromatic carbocycles. The van der Waals surface area contributed by atoms with Crippen molar-refractivity contribution in [1.82, 2.24) is 0 Å². The van der Waals surface area contributed by atoms with Crippen molar-refractivity contribution in [3.05, 3.63) is 42.5 Å². The van der Waals surface area contributed by atoms with Crippen LogP contribution in [0.5, 0.6) is 5.75 Å². The van der Waals surface area contributed by atoms with Crippen LogP contribution in [0.3, 0.4) is 0 Å². The van der Waals surface area contributed by atoms with Crippen LogP contribution in [-0.4, -0.2) is 11.6 Å². The lowest BCUT2D eigenvalue weighted by atomic mass is 10.0. The molecule has 2 aromatic rings. The van der Waals surface area contributed by atoms with Gasteiger partial charge in [-0.3, -0.25) is 0 Å². The van der Waals surface area contributed by atoms with Crippen LogP contribution in [-0.2, 0) is 0 Å². The standard InChI is InChI=1S/C16H17NOS/c17-15(19)10-16(8-9-16)11-18-14-7-3-5-12-4-1-2-6-13(12)14/h1-7H,8-11H2,(H2,17,19). The van der Waals surface area contributed by atoms with Gasteiger partial charge in [-0.05, 0) is 24.3 Å². The fraction of sp³-hybridized carbons (Fsp3) is 0.312. The SMILES string of the molecule is NC(=S)CC1(COc2cccc3ccccc23)CC1. The van der Waals surface area contributed by atoms with Gasteiger partial charge in [-0.15, -0.1) is 0 Å². The van der Waals surface area contributed by atoms with Crippen LogP contribution in [0, 0.1) is 5.41 Å². The fourth-order valence-electron chi connectivity index (χ4n) is 2.47. The highest BCUT2D eigenvalue weighted by molar-refractivity contribution is 7.80. The first kappa shape index (κ1) is 12.4. The summed E-state index contributed by atoms with van der Waals surface area (Å²) in [6, 6.07) is 14.4. The number of thiocarbonyl (C=S) groups is 1. The first-order valence-electron chi connectivity index (χ1n) is 6.57. The monoisotopic (exact) mass is 271 g/mol. The Morgan fingerprint density at radius 2 is 1.89 bits per heavy atom. The molecule has 0 aliphatic heterocycles. The number of ether oxygens (including phenoxy) is 1. The molecule has 3 heteroatoms. The van der Waals surface area contributed by atoms with Gasteiger partial charge in [-0.25, -0.2) is 0 Å². The summed E-state index contributed by atoms with van der Waals surface area (Å²) in [4.78, 5) is 0.596. The van der Waals surface area contributed by atoms with Crippen molar-refractivity contribution in [2.24, 2.45) is 11.1 Å². The lowest BCUT2D eigenvalue weighted by molar-refractivity contribution is 0.241. The number of benzene rings is 2. The molecule has 0 bridgehead atoms. The Kier molecular flexibility index (Phi) is 3.15. The largest absolute Gasteiger partial charge is 0.492 e. The molecule has 1 aliphatic rings. The van der Waals surface area contributed by atoms with Gasteiger partial charge in [0, 0.05) is 17.2 Å². The van der Waals surface area contributed by atoms with Gasteiger partial charge in [-0.2, -0.15) is 0 Å².